The van der Waals surface area contributed by atoms with Crippen LogP contribution >= 0.6 is 11.6 Å². The number of hydrogen-bond donors (Lipinski definition) is 1. The van der Waals surface area contributed by atoms with Crippen molar-refractivity contribution in [1.29, 1.82) is 5.26 Å². The molecule has 0 fully saturated rings. The largest absolute Gasteiger partial charge is 0.240 e. The minimum atomic E-state index is -3.95. The van der Waals surface area contributed by atoms with Crippen LogP contribution < -0.4 is 5.14 Å². The van der Waals surface area contributed by atoms with Crippen LogP contribution in [0.15, 0.2) is 59.5 Å². The molecule has 2 aromatic carbocycles. The van der Waals surface area contributed by atoms with Crippen LogP contribution in [0.4, 0.5) is 0 Å². The molecule has 0 saturated carbocycles. The summed E-state index contributed by atoms with van der Waals surface area (Å²) in [6, 6.07) is 16.7. The van der Waals surface area contributed by atoms with E-state index in [1.807, 2.05) is 6.07 Å². The average molecular weight is 359 g/mol. The molecule has 3 rings (SSSR count). The third kappa shape index (κ3) is 3.03. The van der Waals surface area contributed by atoms with Gasteiger partial charge >= 0.3 is 0 Å². The maximum atomic E-state index is 11.9. The van der Waals surface area contributed by atoms with Crippen LogP contribution in [0.2, 0.25) is 5.02 Å². The normalized spacial score (nSPS) is 11.2. The molecular formula is C16H11ClN4O2S. The zero-order valence-corrected chi connectivity index (χ0v) is 13.8. The van der Waals surface area contributed by atoms with Gasteiger partial charge in [0.25, 0.3) is 0 Å². The first kappa shape index (κ1) is 16.2. The van der Waals surface area contributed by atoms with Gasteiger partial charge in [0.1, 0.15) is 11.0 Å². The molecular weight excluding hydrogens is 348 g/mol. The molecule has 6 nitrogen and oxygen atoms in total. The van der Waals surface area contributed by atoms with Crippen molar-refractivity contribution in [3.8, 4) is 23.0 Å². The fourth-order valence-corrected chi connectivity index (χ4v) is 3.16. The lowest BCUT2D eigenvalue weighted by Gasteiger charge is -2.11. The number of sulfonamides is 1. The Morgan fingerprint density at radius 3 is 2.42 bits per heavy atom. The molecule has 24 heavy (non-hydrogen) atoms. The van der Waals surface area contributed by atoms with Crippen LogP contribution in [0.5, 0.6) is 0 Å². The van der Waals surface area contributed by atoms with E-state index in [4.69, 9.17) is 22.0 Å². The molecule has 0 saturated heterocycles. The second-order valence-corrected chi connectivity index (χ2v) is 6.92. The number of hydrogen-bond acceptors (Lipinski definition) is 4. The predicted octanol–water partition coefficient (Wildman–Crippen LogP) is 2.71. The Morgan fingerprint density at radius 2 is 1.79 bits per heavy atom. The molecule has 8 heteroatoms. The highest BCUT2D eigenvalue weighted by atomic mass is 35.5. The third-order valence-electron chi connectivity index (χ3n) is 3.36. The Morgan fingerprint density at radius 1 is 1.12 bits per heavy atom. The number of nitrogens with two attached hydrogens (primary N) is 1. The predicted molar refractivity (Wildman–Crippen MR) is 90.1 cm³/mol. The first-order valence-electron chi connectivity index (χ1n) is 6.78. The number of benzene rings is 2. The second-order valence-electron chi connectivity index (χ2n) is 4.96. The SMILES string of the molecule is N#Cc1cc(-c2ccc(Cl)cc2)n(-c2ccccc2S(N)(=O)=O)n1. The van der Waals surface area contributed by atoms with Crippen molar-refractivity contribution in [3.63, 3.8) is 0 Å². The Bertz CT molecular complexity index is 1050. The molecule has 0 aliphatic carbocycles. The van der Waals surface area contributed by atoms with Gasteiger partial charge in [0, 0.05) is 16.7 Å². The van der Waals surface area contributed by atoms with Crippen molar-refractivity contribution >= 4 is 21.6 Å². The summed E-state index contributed by atoms with van der Waals surface area (Å²) in [5.41, 5.74) is 1.72. The number of para-hydroxylation sites is 1. The molecule has 0 amide bonds. The standard InChI is InChI=1S/C16H11ClN4O2S/c17-12-7-5-11(6-8-12)15-9-13(10-18)20-21(15)14-3-1-2-4-16(14)24(19,22)23/h1-9H,(H2,19,22,23). The Labute approximate surface area is 143 Å². The number of aromatic nitrogens is 2. The highest BCUT2D eigenvalue weighted by Crippen LogP contribution is 2.28. The van der Waals surface area contributed by atoms with Crippen molar-refractivity contribution in [2.75, 3.05) is 0 Å². The molecule has 3 aromatic rings. The summed E-state index contributed by atoms with van der Waals surface area (Å²) < 4.78 is 25.1. The van der Waals surface area contributed by atoms with Crippen LogP contribution in [0.3, 0.4) is 0 Å². The number of rotatable bonds is 3. The van der Waals surface area contributed by atoms with Gasteiger partial charge in [-0.3, -0.25) is 0 Å². The van der Waals surface area contributed by atoms with E-state index < -0.39 is 10.0 Å². The molecule has 0 bridgehead atoms. The maximum absolute atomic E-state index is 11.9. The molecule has 0 spiro atoms. The van der Waals surface area contributed by atoms with E-state index in [-0.39, 0.29) is 16.3 Å². The lowest BCUT2D eigenvalue weighted by atomic mass is 10.1. The van der Waals surface area contributed by atoms with Crippen LogP contribution in [-0.2, 0) is 10.0 Å². The van der Waals surface area contributed by atoms with Crippen LogP contribution in [-0.4, -0.2) is 18.2 Å². The quantitative estimate of drug-likeness (QED) is 0.777. The average Bonchev–Trinajstić information content (AvgIpc) is 2.99. The highest BCUT2D eigenvalue weighted by molar-refractivity contribution is 7.89. The molecule has 2 N–H and O–H groups in total. The summed E-state index contributed by atoms with van der Waals surface area (Å²) in [4.78, 5) is -0.0761. The van der Waals surface area contributed by atoms with E-state index in [0.29, 0.717) is 10.7 Å². The summed E-state index contributed by atoms with van der Waals surface area (Å²) in [7, 11) is -3.95. The van der Waals surface area contributed by atoms with Crippen LogP contribution in [0, 0.1) is 11.3 Å². The minimum Gasteiger partial charge on any atom is -0.230 e. The summed E-state index contributed by atoms with van der Waals surface area (Å²) >= 11 is 5.90. The van der Waals surface area contributed by atoms with E-state index >= 15 is 0 Å². The fraction of sp³-hybridized carbons (Fsp3) is 0. The van der Waals surface area contributed by atoms with Gasteiger partial charge in [0.15, 0.2) is 5.69 Å². The summed E-state index contributed by atoms with van der Waals surface area (Å²) in [6.45, 7) is 0. The fourth-order valence-electron chi connectivity index (χ4n) is 2.32. The van der Waals surface area contributed by atoms with E-state index in [2.05, 4.69) is 5.10 Å². The first-order chi connectivity index (χ1) is 11.4. The van der Waals surface area contributed by atoms with Crippen LogP contribution in [0.1, 0.15) is 5.69 Å². The molecule has 0 radical (unpaired) electrons. The molecule has 0 unspecified atom stereocenters. The Balaban J connectivity index is 2.29. The van der Waals surface area contributed by atoms with Crippen molar-refractivity contribution in [3.05, 3.63) is 65.3 Å². The maximum Gasteiger partial charge on any atom is 0.240 e. The summed E-state index contributed by atoms with van der Waals surface area (Å²) in [5.74, 6) is 0. The van der Waals surface area contributed by atoms with Crippen molar-refractivity contribution < 1.29 is 8.42 Å². The number of halogens is 1. The molecule has 0 atom stereocenters. The van der Waals surface area contributed by atoms with E-state index in [9.17, 15) is 8.42 Å². The van der Waals surface area contributed by atoms with Gasteiger partial charge in [-0.2, -0.15) is 10.4 Å². The molecule has 1 aromatic heterocycles. The van der Waals surface area contributed by atoms with Gasteiger partial charge < -0.3 is 0 Å². The Hall–Kier alpha value is -2.66. The first-order valence-corrected chi connectivity index (χ1v) is 8.71. The van der Waals surface area contributed by atoms with Gasteiger partial charge in [-0.1, -0.05) is 35.9 Å². The zero-order chi connectivity index (χ0) is 17.3. The van der Waals surface area contributed by atoms with Crippen molar-refractivity contribution in [2.24, 2.45) is 5.14 Å². The minimum absolute atomic E-state index is 0.0761. The monoisotopic (exact) mass is 358 g/mol. The summed E-state index contributed by atoms with van der Waals surface area (Å²) in [6.07, 6.45) is 0. The highest BCUT2D eigenvalue weighted by Gasteiger charge is 2.19. The third-order valence-corrected chi connectivity index (χ3v) is 4.57. The topological polar surface area (TPSA) is 102 Å². The van der Waals surface area contributed by atoms with Gasteiger partial charge in [0.05, 0.1) is 11.4 Å². The van der Waals surface area contributed by atoms with Crippen molar-refractivity contribution in [2.45, 2.75) is 4.90 Å². The van der Waals surface area contributed by atoms with Gasteiger partial charge in [-0.25, -0.2) is 18.2 Å². The number of nitrogens with zero attached hydrogens (tertiary/aromatic N) is 3. The molecule has 0 aliphatic heterocycles. The van der Waals surface area contributed by atoms with E-state index in [0.717, 1.165) is 5.56 Å². The Kier molecular flexibility index (Phi) is 4.11. The zero-order valence-electron chi connectivity index (χ0n) is 12.2. The van der Waals surface area contributed by atoms with Crippen molar-refractivity contribution in [1.82, 2.24) is 9.78 Å². The lowest BCUT2D eigenvalue weighted by molar-refractivity contribution is 0.596. The molecule has 1 heterocycles. The van der Waals surface area contributed by atoms with Crippen LogP contribution in [0.25, 0.3) is 16.9 Å². The van der Waals surface area contributed by atoms with Gasteiger partial charge in [-0.15, -0.1) is 0 Å². The van der Waals surface area contributed by atoms with E-state index in [1.165, 1.54) is 10.7 Å². The smallest absolute Gasteiger partial charge is 0.230 e. The summed E-state index contributed by atoms with van der Waals surface area (Å²) in [5, 5.41) is 19.2. The lowest BCUT2D eigenvalue weighted by Crippen LogP contribution is -2.16. The van der Waals surface area contributed by atoms with E-state index in [1.54, 1.807) is 48.5 Å². The molecule has 120 valence electrons. The van der Waals surface area contributed by atoms with Gasteiger partial charge in [-0.05, 0) is 24.3 Å². The molecule has 0 aliphatic rings. The number of nitriles is 1. The van der Waals surface area contributed by atoms with Gasteiger partial charge in [0.2, 0.25) is 10.0 Å². The second kappa shape index (κ2) is 6.09. The number of primary sulfonamides is 1.